The van der Waals surface area contributed by atoms with Crippen LogP contribution in [0.2, 0.25) is 5.02 Å². The first kappa shape index (κ1) is 16.3. The predicted molar refractivity (Wildman–Crippen MR) is 107 cm³/mol. The Kier molecular flexibility index (Phi) is 3.69. The molecule has 0 saturated heterocycles. The summed E-state index contributed by atoms with van der Waals surface area (Å²) in [5.74, 6) is -0.508. The van der Waals surface area contributed by atoms with Crippen LogP contribution in [0.4, 0.5) is 5.69 Å². The zero-order valence-electron chi connectivity index (χ0n) is 14.7. The van der Waals surface area contributed by atoms with E-state index in [0.717, 1.165) is 11.3 Å². The molecule has 0 aromatic heterocycles. The molecule has 2 aliphatic rings. The van der Waals surface area contributed by atoms with Gasteiger partial charge in [-0.3, -0.25) is 5.01 Å². The monoisotopic (exact) mass is 376 g/mol. The molecule has 0 fully saturated rings. The van der Waals surface area contributed by atoms with Crippen molar-refractivity contribution < 1.29 is 9.53 Å². The van der Waals surface area contributed by atoms with Crippen molar-refractivity contribution in [2.24, 2.45) is 5.10 Å². The second kappa shape index (κ2) is 6.10. The highest BCUT2D eigenvalue weighted by molar-refractivity contribution is 6.40. The summed E-state index contributed by atoms with van der Waals surface area (Å²) in [6.45, 7) is 2.13. The van der Waals surface area contributed by atoms with E-state index in [2.05, 4.69) is 30.3 Å². The van der Waals surface area contributed by atoms with Crippen molar-refractivity contribution in [2.45, 2.75) is 18.9 Å². The van der Waals surface area contributed by atoms with Crippen LogP contribution < -0.4 is 5.01 Å². The molecule has 1 heterocycles. The van der Waals surface area contributed by atoms with E-state index in [0.29, 0.717) is 17.3 Å². The van der Waals surface area contributed by atoms with Crippen molar-refractivity contribution in [3.63, 3.8) is 0 Å². The summed E-state index contributed by atoms with van der Waals surface area (Å²) in [6, 6.07) is 20.0. The Balaban J connectivity index is 1.73. The minimum Gasteiger partial charge on any atom is -0.461 e. The van der Waals surface area contributed by atoms with Crippen LogP contribution in [0.25, 0.3) is 10.8 Å². The summed E-state index contributed by atoms with van der Waals surface area (Å²) in [5, 5.41) is 9.64. The number of carbonyl (C=O) groups is 1. The van der Waals surface area contributed by atoms with Crippen molar-refractivity contribution in [2.75, 3.05) is 11.6 Å². The van der Waals surface area contributed by atoms with Gasteiger partial charge in [0.15, 0.2) is 5.71 Å². The van der Waals surface area contributed by atoms with E-state index in [9.17, 15) is 4.79 Å². The van der Waals surface area contributed by atoms with Gasteiger partial charge in [-0.25, -0.2) is 4.79 Å². The van der Waals surface area contributed by atoms with Gasteiger partial charge in [-0.15, -0.1) is 0 Å². The van der Waals surface area contributed by atoms with E-state index in [1.165, 1.54) is 16.3 Å². The molecule has 4 nitrogen and oxygen atoms in total. The number of anilines is 1. The molecule has 0 N–H and O–H groups in total. The fraction of sp³-hybridized carbons (Fsp3) is 0.182. The molecule has 0 spiro atoms. The molecule has 0 radical (unpaired) electrons. The van der Waals surface area contributed by atoms with Crippen molar-refractivity contribution >= 4 is 39.7 Å². The first-order chi connectivity index (χ1) is 13.2. The second-order valence-corrected chi connectivity index (χ2v) is 7.18. The standard InChI is InChI=1S/C22H17ClN2O2/c1-2-27-22(26)20-19-16-10-3-6-13-7-4-11-17(18(13)16)21(19)25(24-20)15-9-5-8-14(23)12-15/h3-12,19,21H,2H2,1H3/t19-,21-/m0/s1. The van der Waals surface area contributed by atoms with Crippen LogP contribution in [-0.2, 0) is 9.53 Å². The molecule has 5 rings (SSSR count). The number of halogens is 1. The maximum Gasteiger partial charge on any atom is 0.355 e. The van der Waals surface area contributed by atoms with Gasteiger partial charge in [-0.1, -0.05) is 54.1 Å². The molecule has 0 amide bonds. The van der Waals surface area contributed by atoms with Gasteiger partial charge >= 0.3 is 5.97 Å². The van der Waals surface area contributed by atoms with Gasteiger partial charge < -0.3 is 4.74 Å². The number of nitrogens with zero attached hydrogens (tertiary/aromatic N) is 2. The lowest BCUT2D eigenvalue weighted by atomic mass is 9.92. The van der Waals surface area contributed by atoms with Crippen LogP contribution in [0.3, 0.4) is 0 Å². The summed E-state index contributed by atoms with van der Waals surface area (Å²) in [7, 11) is 0. The number of hydrogen-bond donors (Lipinski definition) is 0. The highest BCUT2D eigenvalue weighted by atomic mass is 35.5. The highest BCUT2D eigenvalue weighted by Crippen LogP contribution is 2.53. The lowest BCUT2D eigenvalue weighted by molar-refractivity contribution is -0.135. The third-order valence-corrected chi connectivity index (χ3v) is 5.50. The largest absolute Gasteiger partial charge is 0.461 e. The van der Waals surface area contributed by atoms with Gasteiger partial charge in [0.05, 0.1) is 24.3 Å². The van der Waals surface area contributed by atoms with Crippen LogP contribution in [0.5, 0.6) is 0 Å². The number of hydrogen-bond acceptors (Lipinski definition) is 4. The van der Waals surface area contributed by atoms with Gasteiger partial charge in [0.1, 0.15) is 0 Å². The minimum atomic E-state index is -0.359. The van der Waals surface area contributed by atoms with E-state index in [4.69, 9.17) is 21.4 Å². The highest BCUT2D eigenvalue weighted by Gasteiger charge is 2.48. The summed E-state index contributed by atoms with van der Waals surface area (Å²) in [4.78, 5) is 12.7. The minimum absolute atomic E-state index is 0.0797. The average Bonchev–Trinajstić information content (AvgIpc) is 3.21. The van der Waals surface area contributed by atoms with Crippen LogP contribution >= 0.6 is 11.6 Å². The summed E-state index contributed by atoms with van der Waals surface area (Å²) < 4.78 is 5.31. The lowest BCUT2D eigenvalue weighted by Gasteiger charge is -2.24. The zero-order chi connectivity index (χ0) is 18.5. The van der Waals surface area contributed by atoms with E-state index in [-0.39, 0.29) is 17.9 Å². The molecule has 2 atom stereocenters. The molecule has 5 heteroatoms. The normalized spacial score (nSPS) is 19.9. The van der Waals surface area contributed by atoms with Crippen molar-refractivity contribution in [1.82, 2.24) is 0 Å². The maximum atomic E-state index is 12.7. The Morgan fingerprint density at radius 3 is 2.59 bits per heavy atom. The van der Waals surface area contributed by atoms with Crippen LogP contribution in [0.15, 0.2) is 65.8 Å². The molecule has 1 aliphatic heterocycles. The summed E-state index contributed by atoms with van der Waals surface area (Å²) in [5.41, 5.74) is 3.62. The Morgan fingerprint density at radius 2 is 1.85 bits per heavy atom. The van der Waals surface area contributed by atoms with Gasteiger partial charge in [0.25, 0.3) is 0 Å². The Bertz CT molecular complexity index is 1100. The number of fused-ring (bicyclic) bond motifs is 3. The van der Waals surface area contributed by atoms with Crippen LogP contribution in [-0.4, -0.2) is 18.3 Å². The van der Waals surface area contributed by atoms with E-state index in [1.807, 2.05) is 42.3 Å². The summed E-state index contributed by atoms with van der Waals surface area (Å²) in [6.07, 6.45) is 0. The Labute approximate surface area is 162 Å². The SMILES string of the molecule is CCOC(=O)C1=NN(c2cccc(Cl)c2)[C@H]2c3cccc4cccc(c34)[C@@H]12. The van der Waals surface area contributed by atoms with Crippen molar-refractivity contribution in [3.8, 4) is 0 Å². The van der Waals surface area contributed by atoms with Gasteiger partial charge in [-0.2, -0.15) is 5.10 Å². The molecule has 0 unspecified atom stereocenters. The number of hydrazone groups is 1. The third-order valence-electron chi connectivity index (χ3n) is 5.27. The first-order valence-corrected chi connectivity index (χ1v) is 9.39. The van der Waals surface area contributed by atoms with E-state index >= 15 is 0 Å². The topological polar surface area (TPSA) is 41.9 Å². The number of ether oxygens (including phenoxy) is 1. The third kappa shape index (κ3) is 2.37. The zero-order valence-corrected chi connectivity index (χ0v) is 15.5. The van der Waals surface area contributed by atoms with Gasteiger partial charge in [-0.05, 0) is 47.0 Å². The average molecular weight is 377 g/mol. The van der Waals surface area contributed by atoms with Crippen LogP contribution in [0.1, 0.15) is 30.0 Å². The van der Waals surface area contributed by atoms with Gasteiger partial charge in [0, 0.05) is 5.02 Å². The molecule has 3 aromatic carbocycles. The quantitative estimate of drug-likeness (QED) is 0.599. The molecular formula is C22H17ClN2O2. The number of carbonyl (C=O) groups excluding carboxylic acids is 1. The van der Waals surface area contributed by atoms with E-state index in [1.54, 1.807) is 0 Å². The molecule has 134 valence electrons. The second-order valence-electron chi connectivity index (χ2n) is 6.75. The lowest BCUT2D eigenvalue weighted by Crippen LogP contribution is -2.24. The first-order valence-electron chi connectivity index (χ1n) is 9.01. The molecule has 0 saturated carbocycles. The number of rotatable bonds is 3. The van der Waals surface area contributed by atoms with Crippen molar-refractivity contribution in [1.29, 1.82) is 0 Å². The fourth-order valence-electron chi connectivity index (χ4n) is 4.28. The number of esters is 1. The Hall–Kier alpha value is -2.85. The smallest absolute Gasteiger partial charge is 0.355 e. The van der Waals surface area contributed by atoms with E-state index < -0.39 is 0 Å². The Morgan fingerprint density at radius 1 is 1.11 bits per heavy atom. The maximum absolute atomic E-state index is 12.7. The van der Waals surface area contributed by atoms with Crippen LogP contribution in [0, 0.1) is 0 Å². The molecular weight excluding hydrogens is 360 g/mol. The molecule has 3 aromatic rings. The summed E-state index contributed by atoms with van der Waals surface area (Å²) >= 11 is 6.22. The molecule has 0 bridgehead atoms. The fourth-order valence-corrected chi connectivity index (χ4v) is 4.46. The van der Waals surface area contributed by atoms with Gasteiger partial charge in [0.2, 0.25) is 0 Å². The van der Waals surface area contributed by atoms with Crippen molar-refractivity contribution in [3.05, 3.63) is 76.8 Å². The predicted octanol–water partition coefficient (Wildman–Crippen LogP) is 5.07. The molecule has 27 heavy (non-hydrogen) atoms. The molecule has 1 aliphatic carbocycles. The number of benzene rings is 3.